The molecule has 1 unspecified atom stereocenters. The molecule has 0 aromatic heterocycles. The standard InChI is InChI=1S/C10H22BrNO2S/c1-9(11)6-7-12(5)15(13,14)8-10(2,3)4/h9H,6-8H2,1-5H3. The minimum absolute atomic E-state index is 0.187. The molecule has 0 aromatic carbocycles. The number of halogens is 1. The summed E-state index contributed by atoms with van der Waals surface area (Å²) in [5.74, 6) is 0.202. The first kappa shape index (κ1) is 15.4. The molecule has 0 saturated carbocycles. The van der Waals surface area contributed by atoms with Gasteiger partial charge in [-0.3, -0.25) is 0 Å². The van der Waals surface area contributed by atoms with E-state index >= 15 is 0 Å². The fourth-order valence-corrected chi connectivity index (χ4v) is 3.06. The molecule has 0 heterocycles. The van der Waals surface area contributed by atoms with Crippen molar-refractivity contribution in [2.75, 3.05) is 19.3 Å². The van der Waals surface area contributed by atoms with Crippen molar-refractivity contribution in [1.82, 2.24) is 4.31 Å². The van der Waals surface area contributed by atoms with E-state index in [4.69, 9.17) is 0 Å². The van der Waals surface area contributed by atoms with Gasteiger partial charge in [-0.25, -0.2) is 12.7 Å². The normalized spacial score (nSPS) is 15.7. The van der Waals surface area contributed by atoms with Crippen LogP contribution in [0.15, 0.2) is 0 Å². The average Bonchev–Trinajstić information content (AvgIpc) is 1.94. The number of hydrogen-bond acceptors (Lipinski definition) is 2. The van der Waals surface area contributed by atoms with Crippen LogP contribution in [0.25, 0.3) is 0 Å². The van der Waals surface area contributed by atoms with E-state index in [9.17, 15) is 8.42 Å². The zero-order chi connectivity index (χ0) is 12.3. The smallest absolute Gasteiger partial charge is 0.212 e. The van der Waals surface area contributed by atoms with Crippen LogP contribution in [0.3, 0.4) is 0 Å². The lowest BCUT2D eigenvalue weighted by Crippen LogP contribution is -2.35. The molecule has 0 fully saturated rings. The van der Waals surface area contributed by atoms with E-state index in [2.05, 4.69) is 15.9 Å². The number of rotatable bonds is 5. The summed E-state index contributed by atoms with van der Waals surface area (Å²) in [6, 6.07) is 0. The molecular weight excluding hydrogens is 278 g/mol. The first-order valence-electron chi connectivity index (χ1n) is 5.13. The largest absolute Gasteiger partial charge is 0.214 e. The molecule has 3 nitrogen and oxygen atoms in total. The van der Waals surface area contributed by atoms with E-state index in [1.54, 1.807) is 7.05 Å². The molecule has 0 aliphatic carbocycles. The summed E-state index contributed by atoms with van der Waals surface area (Å²) in [5, 5.41) is 0. The van der Waals surface area contributed by atoms with Gasteiger partial charge in [0, 0.05) is 18.4 Å². The predicted octanol–water partition coefficient (Wildman–Crippen LogP) is 2.47. The zero-order valence-corrected chi connectivity index (χ0v) is 12.7. The van der Waals surface area contributed by atoms with Crippen molar-refractivity contribution in [2.24, 2.45) is 5.41 Å². The minimum Gasteiger partial charge on any atom is -0.212 e. The molecular formula is C10H22BrNO2S. The number of hydrogen-bond donors (Lipinski definition) is 0. The van der Waals surface area contributed by atoms with Gasteiger partial charge in [0.05, 0.1) is 5.75 Å². The number of alkyl halides is 1. The van der Waals surface area contributed by atoms with Crippen molar-refractivity contribution in [3.05, 3.63) is 0 Å². The second-order valence-electron chi connectivity index (χ2n) is 5.21. The zero-order valence-electron chi connectivity index (χ0n) is 10.2. The third-order valence-electron chi connectivity index (χ3n) is 1.93. The fraction of sp³-hybridized carbons (Fsp3) is 1.00. The van der Waals surface area contributed by atoms with Crippen molar-refractivity contribution < 1.29 is 8.42 Å². The molecule has 0 amide bonds. The predicted molar refractivity (Wildman–Crippen MR) is 68.9 cm³/mol. The first-order chi connectivity index (χ1) is 6.54. The van der Waals surface area contributed by atoms with Crippen LogP contribution in [0.4, 0.5) is 0 Å². The molecule has 15 heavy (non-hydrogen) atoms. The maximum atomic E-state index is 11.9. The van der Waals surface area contributed by atoms with Gasteiger partial charge in [-0.1, -0.05) is 43.6 Å². The molecule has 0 spiro atoms. The van der Waals surface area contributed by atoms with Crippen molar-refractivity contribution in [1.29, 1.82) is 0 Å². The lowest BCUT2D eigenvalue weighted by molar-refractivity contribution is 0.419. The van der Waals surface area contributed by atoms with Gasteiger partial charge in [0.15, 0.2) is 0 Å². The van der Waals surface area contributed by atoms with Crippen molar-refractivity contribution in [2.45, 2.75) is 38.9 Å². The quantitative estimate of drug-likeness (QED) is 0.731. The summed E-state index contributed by atoms with van der Waals surface area (Å²) in [4.78, 5) is 0.352. The van der Waals surface area contributed by atoms with Gasteiger partial charge in [0.2, 0.25) is 10.0 Å². The molecule has 5 heteroatoms. The molecule has 0 aliphatic heterocycles. The first-order valence-corrected chi connectivity index (χ1v) is 7.65. The third kappa shape index (κ3) is 7.30. The van der Waals surface area contributed by atoms with Crippen LogP contribution >= 0.6 is 15.9 Å². The van der Waals surface area contributed by atoms with Gasteiger partial charge < -0.3 is 0 Å². The van der Waals surface area contributed by atoms with E-state index in [1.165, 1.54) is 4.31 Å². The van der Waals surface area contributed by atoms with Crippen molar-refractivity contribution >= 4 is 26.0 Å². The van der Waals surface area contributed by atoms with Gasteiger partial charge >= 0.3 is 0 Å². The average molecular weight is 300 g/mol. The fourth-order valence-electron chi connectivity index (χ4n) is 1.16. The van der Waals surface area contributed by atoms with Gasteiger partial charge in [0.1, 0.15) is 0 Å². The van der Waals surface area contributed by atoms with E-state index in [1.807, 2.05) is 27.7 Å². The van der Waals surface area contributed by atoms with Crippen LogP contribution in [0.1, 0.15) is 34.1 Å². The third-order valence-corrected chi connectivity index (χ3v) is 4.75. The summed E-state index contributed by atoms with van der Waals surface area (Å²) in [5.41, 5.74) is -0.187. The molecule has 0 aliphatic rings. The molecule has 0 saturated heterocycles. The maximum Gasteiger partial charge on any atom is 0.214 e. The summed E-state index contributed by atoms with van der Waals surface area (Å²) < 4.78 is 25.2. The summed E-state index contributed by atoms with van der Waals surface area (Å²) >= 11 is 3.41. The van der Waals surface area contributed by atoms with E-state index in [-0.39, 0.29) is 11.2 Å². The molecule has 0 aromatic rings. The van der Waals surface area contributed by atoms with Crippen LogP contribution in [0.5, 0.6) is 0 Å². The summed E-state index contributed by atoms with van der Waals surface area (Å²) in [6.07, 6.45) is 0.833. The molecule has 1 atom stereocenters. The van der Waals surface area contributed by atoms with Crippen LogP contribution in [0.2, 0.25) is 0 Å². The van der Waals surface area contributed by atoms with Crippen LogP contribution in [-0.4, -0.2) is 36.9 Å². The Bertz CT molecular complexity index is 280. The Hall–Kier alpha value is 0.390. The van der Waals surface area contributed by atoms with Gasteiger partial charge in [-0.2, -0.15) is 0 Å². The highest BCUT2D eigenvalue weighted by molar-refractivity contribution is 9.09. The second kappa shape index (κ2) is 5.64. The molecule has 0 radical (unpaired) electrons. The van der Waals surface area contributed by atoms with Crippen molar-refractivity contribution in [3.63, 3.8) is 0 Å². The Morgan fingerprint density at radius 3 is 2.13 bits per heavy atom. The lowest BCUT2D eigenvalue weighted by Gasteiger charge is -2.24. The van der Waals surface area contributed by atoms with Gasteiger partial charge in [0.25, 0.3) is 0 Å². The Kier molecular flexibility index (Phi) is 5.79. The highest BCUT2D eigenvalue weighted by Crippen LogP contribution is 2.18. The topological polar surface area (TPSA) is 37.4 Å². The van der Waals surface area contributed by atoms with Crippen LogP contribution in [0, 0.1) is 5.41 Å². The summed E-state index contributed by atoms with van der Waals surface area (Å²) in [7, 11) is -1.45. The number of sulfonamides is 1. The van der Waals surface area contributed by atoms with E-state index in [0.29, 0.717) is 11.4 Å². The van der Waals surface area contributed by atoms with Crippen LogP contribution < -0.4 is 0 Å². The number of nitrogens with zero attached hydrogens (tertiary/aromatic N) is 1. The molecule has 0 N–H and O–H groups in total. The Balaban J connectivity index is 4.34. The Morgan fingerprint density at radius 1 is 1.33 bits per heavy atom. The van der Waals surface area contributed by atoms with Gasteiger partial charge in [-0.15, -0.1) is 0 Å². The minimum atomic E-state index is -3.10. The Morgan fingerprint density at radius 2 is 1.80 bits per heavy atom. The van der Waals surface area contributed by atoms with E-state index < -0.39 is 10.0 Å². The van der Waals surface area contributed by atoms with E-state index in [0.717, 1.165) is 6.42 Å². The van der Waals surface area contributed by atoms with Crippen molar-refractivity contribution in [3.8, 4) is 0 Å². The lowest BCUT2D eigenvalue weighted by atomic mass is 10.0. The SMILES string of the molecule is CC(Br)CCN(C)S(=O)(=O)CC(C)(C)C. The molecule has 92 valence electrons. The highest BCUT2D eigenvalue weighted by Gasteiger charge is 2.25. The maximum absolute atomic E-state index is 11.9. The summed E-state index contributed by atoms with van der Waals surface area (Å²) in [6.45, 7) is 8.40. The van der Waals surface area contributed by atoms with Gasteiger partial charge in [-0.05, 0) is 11.8 Å². The Labute approximate surface area is 102 Å². The highest BCUT2D eigenvalue weighted by atomic mass is 79.9. The molecule has 0 rings (SSSR count). The molecule has 0 bridgehead atoms. The monoisotopic (exact) mass is 299 g/mol. The van der Waals surface area contributed by atoms with Crippen LogP contribution in [-0.2, 0) is 10.0 Å². The second-order valence-corrected chi connectivity index (χ2v) is 8.85.